The van der Waals surface area contributed by atoms with Crippen LogP contribution in [-0.2, 0) is 14.3 Å². The molecule has 0 saturated carbocycles. The molecule has 2 heterocycles. The molecular weight excluding hydrogens is 396 g/mol. The van der Waals surface area contributed by atoms with E-state index in [9.17, 15) is 14.4 Å². The first-order valence-corrected chi connectivity index (χ1v) is 9.89. The van der Waals surface area contributed by atoms with E-state index in [4.69, 9.17) is 4.74 Å². The van der Waals surface area contributed by atoms with Gasteiger partial charge < -0.3 is 9.64 Å². The van der Waals surface area contributed by atoms with E-state index in [1.54, 1.807) is 12.1 Å². The highest BCUT2D eigenvalue weighted by Gasteiger charge is 2.33. The maximum absolute atomic E-state index is 12.8. The maximum Gasteiger partial charge on any atom is 0.254 e. The fourth-order valence-corrected chi connectivity index (χ4v) is 3.47. The van der Waals surface area contributed by atoms with Crippen LogP contribution in [0.3, 0.4) is 0 Å². The number of rotatable bonds is 6. The van der Waals surface area contributed by atoms with E-state index in [1.165, 1.54) is 12.0 Å². The molecule has 8 heteroatoms. The number of H-pyrrole nitrogens is 1. The fraction of sp³-hybridized carbons (Fsp3) is 0.217. The van der Waals surface area contributed by atoms with E-state index in [2.05, 4.69) is 10.2 Å². The predicted octanol–water partition coefficient (Wildman–Crippen LogP) is 2.19. The van der Waals surface area contributed by atoms with E-state index in [-0.39, 0.29) is 32.1 Å². The molecule has 0 atom stereocenters. The van der Waals surface area contributed by atoms with Gasteiger partial charge in [0.2, 0.25) is 11.8 Å². The molecule has 1 fully saturated rings. The Morgan fingerprint density at radius 3 is 2.48 bits per heavy atom. The Balaban J connectivity index is 1.43. The van der Waals surface area contributed by atoms with Gasteiger partial charge in [-0.05, 0) is 29.8 Å². The van der Waals surface area contributed by atoms with Gasteiger partial charge in [-0.3, -0.25) is 24.4 Å². The zero-order valence-electron chi connectivity index (χ0n) is 17.1. The summed E-state index contributed by atoms with van der Waals surface area (Å²) in [6.07, 6.45) is 3.82. The number of aromatic nitrogens is 2. The van der Waals surface area contributed by atoms with Crippen LogP contribution < -0.4 is 0 Å². The molecule has 0 bridgehead atoms. The normalized spacial score (nSPS) is 14.7. The third-order valence-electron chi connectivity index (χ3n) is 5.15. The van der Waals surface area contributed by atoms with Gasteiger partial charge in [-0.2, -0.15) is 5.10 Å². The van der Waals surface area contributed by atoms with Crippen molar-refractivity contribution in [1.29, 1.82) is 0 Å². The lowest BCUT2D eigenvalue weighted by Gasteiger charge is -2.32. The number of ether oxygens (including phenoxy) is 1. The molecule has 1 saturated heterocycles. The van der Waals surface area contributed by atoms with E-state index in [0.717, 1.165) is 27.1 Å². The molecule has 2 aromatic carbocycles. The lowest BCUT2D eigenvalue weighted by Crippen LogP contribution is -2.56. The number of methoxy groups -OCH3 is 1. The Kier molecular flexibility index (Phi) is 5.90. The molecule has 8 nitrogen and oxygen atoms in total. The average molecular weight is 418 g/mol. The third kappa shape index (κ3) is 4.39. The average Bonchev–Trinajstić information content (AvgIpc) is 3.20. The summed E-state index contributed by atoms with van der Waals surface area (Å²) in [7, 11) is 1.50. The Morgan fingerprint density at radius 2 is 1.77 bits per heavy atom. The highest BCUT2D eigenvalue weighted by atomic mass is 16.5. The summed E-state index contributed by atoms with van der Waals surface area (Å²) in [4.78, 5) is 39.7. The summed E-state index contributed by atoms with van der Waals surface area (Å²) in [5, 5.41) is 8.33. The second-order valence-corrected chi connectivity index (χ2v) is 7.20. The van der Waals surface area contributed by atoms with Gasteiger partial charge in [0.15, 0.2) is 0 Å². The number of carbonyl (C=O) groups excluding carboxylic acids is 3. The van der Waals surface area contributed by atoms with Crippen LogP contribution in [0.25, 0.3) is 23.1 Å². The molecule has 3 amide bonds. The van der Waals surface area contributed by atoms with Crippen LogP contribution in [0.2, 0.25) is 0 Å². The molecule has 158 valence electrons. The summed E-state index contributed by atoms with van der Waals surface area (Å²) in [6.45, 7) is 0.224. The van der Waals surface area contributed by atoms with E-state index in [1.807, 2.05) is 48.6 Å². The standard InChI is InChI=1S/C23H22N4O4/c1-31-13-12-27-21(28)14-26(15-22(27)29)23(30)17-9-6-16(7-10-17)8-11-20-18-4-2-3-5-19(18)24-25-20/h2-11H,12-15H2,1H3,(H,24,25). The van der Waals surface area contributed by atoms with Crippen LogP contribution in [-0.4, -0.2) is 71.1 Å². The minimum absolute atomic E-state index is 0.123. The van der Waals surface area contributed by atoms with Crippen molar-refractivity contribution in [2.75, 3.05) is 33.4 Å². The zero-order valence-corrected chi connectivity index (χ0v) is 17.1. The van der Waals surface area contributed by atoms with Gasteiger partial charge in [-0.1, -0.05) is 36.4 Å². The van der Waals surface area contributed by atoms with E-state index < -0.39 is 11.8 Å². The lowest BCUT2D eigenvalue weighted by molar-refractivity contribution is -0.150. The van der Waals surface area contributed by atoms with E-state index >= 15 is 0 Å². The maximum atomic E-state index is 12.8. The summed E-state index contributed by atoms with van der Waals surface area (Å²) >= 11 is 0. The monoisotopic (exact) mass is 418 g/mol. The summed E-state index contributed by atoms with van der Waals surface area (Å²) in [5.41, 5.74) is 3.13. The van der Waals surface area contributed by atoms with Crippen LogP contribution in [0.1, 0.15) is 21.6 Å². The number of carbonyl (C=O) groups is 3. The van der Waals surface area contributed by atoms with Gasteiger partial charge in [0, 0.05) is 18.1 Å². The molecule has 1 aliphatic heterocycles. The number of amides is 3. The van der Waals surface area contributed by atoms with Crippen molar-refractivity contribution >= 4 is 40.8 Å². The first-order chi connectivity index (χ1) is 15.1. The quantitative estimate of drug-likeness (QED) is 0.619. The second kappa shape index (κ2) is 8.93. The minimum atomic E-state index is -0.396. The number of nitrogens with zero attached hydrogens (tertiary/aromatic N) is 3. The molecule has 0 spiro atoms. The zero-order chi connectivity index (χ0) is 21.8. The van der Waals surface area contributed by atoms with Gasteiger partial charge in [-0.25, -0.2) is 0 Å². The Bertz CT molecular complexity index is 1130. The minimum Gasteiger partial charge on any atom is -0.383 e. The SMILES string of the molecule is COCCN1C(=O)CN(C(=O)c2ccc(C=Cc3n[nH]c4ccccc34)cc2)CC1=O. The lowest BCUT2D eigenvalue weighted by atomic mass is 10.1. The highest BCUT2D eigenvalue weighted by molar-refractivity contribution is 6.05. The Labute approximate surface area is 179 Å². The van der Waals surface area contributed by atoms with Crippen molar-refractivity contribution in [1.82, 2.24) is 20.0 Å². The van der Waals surface area contributed by atoms with Gasteiger partial charge in [0.1, 0.15) is 13.1 Å². The fourth-order valence-electron chi connectivity index (χ4n) is 3.47. The van der Waals surface area contributed by atoms with Crippen molar-refractivity contribution in [2.45, 2.75) is 0 Å². The van der Waals surface area contributed by atoms with Gasteiger partial charge >= 0.3 is 0 Å². The van der Waals surface area contributed by atoms with Crippen molar-refractivity contribution in [3.8, 4) is 0 Å². The number of nitrogens with one attached hydrogen (secondary N) is 1. The van der Waals surface area contributed by atoms with Crippen molar-refractivity contribution in [3.05, 3.63) is 65.4 Å². The third-order valence-corrected chi connectivity index (χ3v) is 5.15. The Morgan fingerprint density at radius 1 is 1.06 bits per heavy atom. The number of hydrogen-bond donors (Lipinski definition) is 1. The van der Waals surface area contributed by atoms with Crippen LogP contribution in [0.15, 0.2) is 48.5 Å². The number of benzene rings is 2. The molecule has 4 rings (SSSR count). The molecule has 31 heavy (non-hydrogen) atoms. The van der Waals surface area contributed by atoms with Gasteiger partial charge in [0.05, 0.1) is 24.4 Å². The van der Waals surface area contributed by atoms with Crippen molar-refractivity contribution in [3.63, 3.8) is 0 Å². The van der Waals surface area contributed by atoms with Crippen LogP contribution in [0.4, 0.5) is 0 Å². The van der Waals surface area contributed by atoms with Crippen LogP contribution in [0.5, 0.6) is 0 Å². The van der Waals surface area contributed by atoms with Crippen molar-refractivity contribution in [2.24, 2.45) is 0 Å². The molecule has 3 aromatic rings. The highest BCUT2D eigenvalue weighted by Crippen LogP contribution is 2.18. The number of imide groups is 1. The second-order valence-electron chi connectivity index (χ2n) is 7.20. The number of hydrogen-bond acceptors (Lipinski definition) is 5. The topological polar surface area (TPSA) is 95.6 Å². The van der Waals surface area contributed by atoms with Gasteiger partial charge in [-0.15, -0.1) is 0 Å². The summed E-state index contributed by atoms with van der Waals surface area (Å²) in [6, 6.07) is 14.9. The smallest absolute Gasteiger partial charge is 0.254 e. The molecule has 0 unspecified atom stereocenters. The molecule has 1 aromatic heterocycles. The molecule has 0 radical (unpaired) electrons. The molecule has 1 N–H and O–H groups in total. The Hall–Kier alpha value is -3.78. The predicted molar refractivity (Wildman–Crippen MR) is 116 cm³/mol. The summed E-state index contributed by atoms with van der Waals surface area (Å²) < 4.78 is 4.92. The molecular formula is C23H22N4O4. The van der Waals surface area contributed by atoms with Crippen LogP contribution >= 0.6 is 0 Å². The van der Waals surface area contributed by atoms with Gasteiger partial charge in [0.25, 0.3) is 5.91 Å². The number of fused-ring (bicyclic) bond motifs is 1. The first kappa shape index (κ1) is 20.5. The molecule has 1 aliphatic rings. The first-order valence-electron chi connectivity index (χ1n) is 9.89. The largest absolute Gasteiger partial charge is 0.383 e. The number of aromatic amines is 1. The molecule has 0 aliphatic carbocycles. The van der Waals surface area contributed by atoms with E-state index in [0.29, 0.717) is 5.56 Å². The number of para-hydroxylation sites is 1. The number of piperazine rings is 1. The van der Waals surface area contributed by atoms with Crippen LogP contribution in [0, 0.1) is 0 Å². The van der Waals surface area contributed by atoms with Crippen molar-refractivity contribution < 1.29 is 19.1 Å². The summed E-state index contributed by atoms with van der Waals surface area (Å²) in [5.74, 6) is -1.14.